The Hall–Kier alpha value is -1.81. The molecule has 1 aromatic carbocycles. The van der Waals surface area contributed by atoms with Gasteiger partial charge in [0.1, 0.15) is 0 Å². The van der Waals surface area contributed by atoms with Crippen molar-refractivity contribution in [1.29, 1.82) is 0 Å². The number of aromatic nitrogens is 3. The van der Waals surface area contributed by atoms with Crippen molar-refractivity contribution in [3.8, 4) is 0 Å². The first-order chi connectivity index (χ1) is 11.9. The minimum Gasteiger partial charge on any atom is -0.325 e. The number of hydrogen-bond acceptors (Lipinski definition) is 5. The van der Waals surface area contributed by atoms with E-state index in [4.69, 9.17) is 0 Å². The largest absolute Gasteiger partial charge is 0.344 e. The molecule has 0 aliphatic heterocycles. The van der Waals surface area contributed by atoms with E-state index in [-0.39, 0.29) is 17.6 Å². The van der Waals surface area contributed by atoms with E-state index in [1.807, 2.05) is 0 Å². The summed E-state index contributed by atoms with van der Waals surface area (Å²) in [6.07, 6.45) is 1.88. The lowest BCUT2D eigenvalue weighted by Gasteiger charge is -2.12. The highest BCUT2D eigenvalue weighted by atomic mass is 32.2. The molecule has 1 aliphatic rings. The number of aromatic amines is 1. The normalized spacial score (nSPS) is 15.4. The van der Waals surface area contributed by atoms with E-state index in [0.29, 0.717) is 27.5 Å². The van der Waals surface area contributed by atoms with Crippen molar-refractivity contribution in [1.82, 2.24) is 14.8 Å². The van der Waals surface area contributed by atoms with Gasteiger partial charge in [0.05, 0.1) is 5.25 Å². The number of nitrogens with one attached hydrogen (secondary N) is 2. The molecule has 6 nitrogen and oxygen atoms in total. The average Bonchev–Trinajstić information content (AvgIpc) is 3.33. The molecule has 0 unspecified atom stereocenters. The molecule has 3 rings (SSSR count). The first-order valence-electron chi connectivity index (χ1n) is 7.63. The van der Waals surface area contributed by atoms with Gasteiger partial charge in [0.25, 0.3) is 5.76 Å². The zero-order valence-electron chi connectivity index (χ0n) is 13.2. The fourth-order valence-electron chi connectivity index (χ4n) is 2.20. The molecule has 1 amide bonds. The van der Waals surface area contributed by atoms with Crippen LogP contribution in [0.5, 0.6) is 0 Å². The molecule has 1 aliphatic carbocycles. The molecule has 2 aromatic rings. The van der Waals surface area contributed by atoms with E-state index in [1.54, 1.807) is 23.6 Å². The summed E-state index contributed by atoms with van der Waals surface area (Å²) in [5.74, 6) is -2.73. The highest BCUT2D eigenvalue weighted by molar-refractivity contribution is 8.00. The van der Waals surface area contributed by atoms with E-state index < -0.39 is 11.0 Å². The lowest BCUT2D eigenvalue weighted by molar-refractivity contribution is -0.115. The molecule has 25 heavy (non-hydrogen) atoms. The number of thioether (sulfide) groups is 2. The first kappa shape index (κ1) is 18.0. The van der Waals surface area contributed by atoms with Gasteiger partial charge < -0.3 is 5.32 Å². The summed E-state index contributed by atoms with van der Waals surface area (Å²) in [6, 6.07) is 6.39. The van der Waals surface area contributed by atoms with Crippen molar-refractivity contribution in [3.63, 3.8) is 0 Å². The summed E-state index contributed by atoms with van der Waals surface area (Å²) >= 11 is 1.66. The van der Waals surface area contributed by atoms with Crippen LogP contribution in [0.2, 0.25) is 0 Å². The van der Waals surface area contributed by atoms with Crippen molar-refractivity contribution in [2.75, 3.05) is 5.32 Å². The summed E-state index contributed by atoms with van der Waals surface area (Å²) in [5.41, 5.74) is 0.266. The monoisotopic (exact) mass is 386 g/mol. The van der Waals surface area contributed by atoms with Gasteiger partial charge in [-0.1, -0.05) is 23.5 Å². The van der Waals surface area contributed by atoms with Gasteiger partial charge in [-0.3, -0.25) is 9.36 Å². The van der Waals surface area contributed by atoms with Gasteiger partial charge in [-0.2, -0.15) is 8.78 Å². The fraction of sp³-hybridized carbons (Fsp3) is 0.400. The van der Waals surface area contributed by atoms with Crippen molar-refractivity contribution < 1.29 is 13.6 Å². The molecule has 1 heterocycles. The maximum absolute atomic E-state index is 12.3. The second-order valence-electron chi connectivity index (χ2n) is 5.56. The lowest BCUT2D eigenvalue weighted by atomic mass is 10.3. The number of alkyl halides is 2. The van der Waals surface area contributed by atoms with Crippen LogP contribution in [0.25, 0.3) is 0 Å². The lowest BCUT2D eigenvalue weighted by Crippen LogP contribution is -2.23. The van der Waals surface area contributed by atoms with Crippen LogP contribution in [0.1, 0.15) is 25.8 Å². The minimum absolute atomic E-state index is 0.170. The summed E-state index contributed by atoms with van der Waals surface area (Å²) in [7, 11) is 0. The number of hydrogen-bond donors (Lipinski definition) is 2. The van der Waals surface area contributed by atoms with E-state index in [9.17, 15) is 18.4 Å². The number of halogens is 2. The van der Waals surface area contributed by atoms with Crippen LogP contribution >= 0.6 is 23.5 Å². The molecule has 10 heteroatoms. The zero-order valence-corrected chi connectivity index (χ0v) is 14.9. The van der Waals surface area contributed by atoms with E-state index in [1.165, 1.54) is 23.9 Å². The highest BCUT2D eigenvalue weighted by Crippen LogP contribution is 2.36. The Morgan fingerprint density at radius 2 is 2.00 bits per heavy atom. The summed E-state index contributed by atoms with van der Waals surface area (Å²) < 4.78 is 26.2. The summed E-state index contributed by atoms with van der Waals surface area (Å²) in [5, 5.41) is 9.16. The zero-order chi connectivity index (χ0) is 18.0. The number of rotatable bonds is 7. The molecular formula is C15H16F2N4O2S2. The summed E-state index contributed by atoms with van der Waals surface area (Å²) in [6.45, 7) is 1.72. The predicted octanol–water partition coefficient (Wildman–Crippen LogP) is 3.34. The van der Waals surface area contributed by atoms with Crippen LogP contribution in [-0.2, 0) is 4.79 Å². The van der Waals surface area contributed by atoms with Gasteiger partial charge in [-0.15, -0.1) is 5.10 Å². The molecule has 0 radical (unpaired) electrons. The van der Waals surface area contributed by atoms with Crippen molar-refractivity contribution in [2.45, 2.75) is 46.9 Å². The van der Waals surface area contributed by atoms with Crippen molar-refractivity contribution >= 4 is 35.1 Å². The number of H-pyrrole nitrogens is 1. The molecule has 0 bridgehead atoms. The fourth-order valence-corrected chi connectivity index (χ4v) is 3.63. The Morgan fingerprint density at radius 3 is 2.60 bits per heavy atom. The molecule has 134 valence electrons. The third kappa shape index (κ3) is 4.63. The van der Waals surface area contributed by atoms with Crippen LogP contribution in [0.4, 0.5) is 14.5 Å². The van der Waals surface area contributed by atoms with Crippen LogP contribution in [-0.4, -0.2) is 31.7 Å². The number of amides is 1. The summed E-state index contributed by atoms with van der Waals surface area (Å²) in [4.78, 5) is 24.5. The third-order valence-corrected chi connectivity index (χ3v) is 5.37. The molecule has 0 spiro atoms. The number of anilines is 1. The molecule has 1 atom stereocenters. The van der Waals surface area contributed by atoms with E-state index >= 15 is 0 Å². The van der Waals surface area contributed by atoms with Gasteiger partial charge in [0.15, 0.2) is 5.16 Å². The second-order valence-corrected chi connectivity index (χ2v) is 7.94. The number of carbonyl (C=O) groups excluding carboxylic acids is 1. The maximum Gasteiger partial charge on any atom is 0.344 e. The Morgan fingerprint density at radius 1 is 1.32 bits per heavy atom. The van der Waals surface area contributed by atoms with Crippen molar-refractivity contribution in [3.05, 3.63) is 34.7 Å². The van der Waals surface area contributed by atoms with E-state index in [2.05, 4.69) is 15.5 Å². The maximum atomic E-state index is 12.3. The Bertz CT molecular complexity index is 803. The molecule has 0 saturated heterocycles. The molecular weight excluding hydrogens is 370 g/mol. The molecule has 1 aromatic heterocycles. The van der Waals surface area contributed by atoms with Crippen LogP contribution in [0, 0.1) is 0 Å². The van der Waals surface area contributed by atoms with Gasteiger partial charge >= 0.3 is 5.69 Å². The van der Waals surface area contributed by atoms with Crippen LogP contribution in [0.15, 0.2) is 39.1 Å². The Balaban J connectivity index is 1.60. The number of carbonyl (C=O) groups is 1. The van der Waals surface area contributed by atoms with Gasteiger partial charge in [0.2, 0.25) is 5.91 Å². The predicted molar refractivity (Wildman–Crippen MR) is 93.4 cm³/mol. The second kappa shape index (κ2) is 7.61. The Kier molecular flexibility index (Phi) is 5.48. The standard InChI is InChI=1S/C15H16F2N4O2S2/c1-8(24-15-20-19-14(23)21(15)10-4-5-10)12(22)18-9-2-6-11(7-3-9)25-13(16)17/h2-3,6-8,10,13H,4-5H2,1H3,(H,18,22)(H,19,23)/t8-/m1/s1. The van der Waals surface area contributed by atoms with Crippen LogP contribution in [0.3, 0.4) is 0 Å². The Labute approximate surface area is 150 Å². The first-order valence-corrected chi connectivity index (χ1v) is 9.39. The number of benzene rings is 1. The average molecular weight is 386 g/mol. The topological polar surface area (TPSA) is 79.8 Å². The van der Waals surface area contributed by atoms with Crippen molar-refractivity contribution in [2.24, 2.45) is 0 Å². The van der Waals surface area contributed by atoms with Gasteiger partial charge in [-0.25, -0.2) is 9.89 Å². The SMILES string of the molecule is C[C@@H](Sc1n[nH]c(=O)n1C1CC1)C(=O)Nc1ccc(SC(F)F)cc1. The quantitative estimate of drug-likeness (QED) is 0.714. The minimum atomic E-state index is -2.48. The van der Waals surface area contributed by atoms with Gasteiger partial charge in [-0.05, 0) is 44.0 Å². The number of nitrogens with zero attached hydrogens (tertiary/aromatic N) is 2. The highest BCUT2D eigenvalue weighted by Gasteiger charge is 2.30. The third-order valence-electron chi connectivity index (χ3n) is 3.58. The molecule has 1 fully saturated rings. The van der Waals surface area contributed by atoms with E-state index in [0.717, 1.165) is 12.8 Å². The smallest absolute Gasteiger partial charge is 0.325 e. The molecule has 1 saturated carbocycles. The molecule has 2 N–H and O–H groups in total. The van der Waals surface area contributed by atoms with Gasteiger partial charge in [0, 0.05) is 16.6 Å². The van der Waals surface area contributed by atoms with Crippen LogP contribution < -0.4 is 11.0 Å².